The Morgan fingerprint density at radius 2 is 1.88 bits per heavy atom. The molecule has 1 aromatic carbocycles. The standard InChI is InChI=1S/C19H20FN3O3/c20-15-4-2-1-3-14(15)17-11-16(22-26-17)19(25)23-9-7-12(8-10-23)18(24)21-13-5-6-13/h1-4,11-13H,5-10H2,(H,21,24). The smallest absolute Gasteiger partial charge is 0.276 e. The number of benzene rings is 1. The molecule has 2 aromatic rings. The third-order valence-corrected chi connectivity index (χ3v) is 4.95. The minimum atomic E-state index is -0.426. The third-order valence-electron chi connectivity index (χ3n) is 4.95. The van der Waals surface area contributed by atoms with E-state index in [1.807, 2.05) is 0 Å². The molecule has 0 spiro atoms. The van der Waals surface area contributed by atoms with Crippen molar-refractivity contribution in [3.8, 4) is 11.3 Å². The van der Waals surface area contributed by atoms with E-state index in [2.05, 4.69) is 10.5 Å². The van der Waals surface area contributed by atoms with Gasteiger partial charge in [-0.15, -0.1) is 0 Å². The van der Waals surface area contributed by atoms with Gasteiger partial charge in [0.05, 0.1) is 5.56 Å². The first kappa shape index (κ1) is 16.8. The van der Waals surface area contributed by atoms with Crippen molar-refractivity contribution in [2.75, 3.05) is 13.1 Å². The predicted octanol–water partition coefficient (Wildman–Crippen LogP) is 2.61. The summed E-state index contributed by atoms with van der Waals surface area (Å²) in [6, 6.07) is 8.01. The summed E-state index contributed by atoms with van der Waals surface area (Å²) < 4.78 is 19.0. The van der Waals surface area contributed by atoms with Gasteiger partial charge in [0.1, 0.15) is 5.82 Å². The number of rotatable bonds is 4. The van der Waals surface area contributed by atoms with E-state index in [0.717, 1.165) is 12.8 Å². The van der Waals surface area contributed by atoms with Gasteiger partial charge in [-0.25, -0.2) is 4.39 Å². The number of likely N-dealkylation sites (tertiary alicyclic amines) is 1. The van der Waals surface area contributed by atoms with Crippen LogP contribution in [0.4, 0.5) is 4.39 Å². The van der Waals surface area contributed by atoms with Crippen LogP contribution >= 0.6 is 0 Å². The zero-order chi connectivity index (χ0) is 18.1. The van der Waals surface area contributed by atoms with Crippen LogP contribution in [0.5, 0.6) is 0 Å². The van der Waals surface area contributed by atoms with Gasteiger partial charge >= 0.3 is 0 Å². The van der Waals surface area contributed by atoms with Crippen molar-refractivity contribution in [3.05, 3.63) is 41.8 Å². The summed E-state index contributed by atoms with van der Waals surface area (Å²) >= 11 is 0. The van der Waals surface area contributed by atoms with Gasteiger partial charge < -0.3 is 14.7 Å². The summed E-state index contributed by atoms with van der Waals surface area (Å²) in [5.74, 6) is -0.388. The fraction of sp³-hybridized carbons (Fsp3) is 0.421. The highest BCUT2D eigenvalue weighted by atomic mass is 19.1. The molecule has 0 unspecified atom stereocenters. The van der Waals surface area contributed by atoms with Gasteiger partial charge in [-0.3, -0.25) is 9.59 Å². The number of hydrogen-bond acceptors (Lipinski definition) is 4. The number of nitrogens with one attached hydrogen (secondary N) is 1. The van der Waals surface area contributed by atoms with Gasteiger partial charge in [-0.05, 0) is 37.8 Å². The second kappa shape index (κ2) is 6.90. The van der Waals surface area contributed by atoms with E-state index in [1.165, 1.54) is 12.1 Å². The van der Waals surface area contributed by atoms with Crippen molar-refractivity contribution in [3.63, 3.8) is 0 Å². The van der Waals surface area contributed by atoms with Crippen LogP contribution in [0.25, 0.3) is 11.3 Å². The Bertz CT molecular complexity index is 823. The highest BCUT2D eigenvalue weighted by Gasteiger charge is 2.32. The lowest BCUT2D eigenvalue weighted by Gasteiger charge is -2.30. The zero-order valence-electron chi connectivity index (χ0n) is 14.3. The Hall–Kier alpha value is -2.70. The molecule has 1 aromatic heterocycles. The molecule has 0 radical (unpaired) electrons. The maximum absolute atomic E-state index is 13.8. The second-order valence-electron chi connectivity index (χ2n) is 6.91. The lowest BCUT2D eigenvalue weighted by atomic mass is 9.95. The summed E-state index contributed by atoms with van der Waals surface area (Å²) in [6.45, 7) is 1.01. The van der Waals surface area contributed by atoms with Crippen molar-refractivity contribution >= 4 is 11.8 Å². The molecule has 7 heteroatoms. The number of hydrogen-bond donors (Lipinski definition) is 1. The molecule has 26 heavy (non-hydrogen) atoms. The molecule has 6 nitrogen and oxygen atoms in total. The molecule has 136 valence electrons. The Kier molecular flexibility index (Phi) is 4.44. The highest BCUT2D eigenvalue weighted by molar-refractivity contribution is 5.93. The number of nitrogens with zero attached hydrogens (tertiary/aromatic N) is 2. The van der Waals surface area contributed by atoms with Crippen LogP contribution in [0, 0.1) is 11.7 Å². The number of piperidine rings is 1. The molecule has 2 aliphatic rings. The van der Waals surface area contributed by atoms with E-state index in [-0.39, 0.29) is 34.7 Å². The minimum absolute atomic E-state index is 0.0362. The van der Waals surface area contributed by atoms with Crippen molar-refractivity contribution in [1.29, 1.82) is 0 Å². The summed E-state index contributed by atoms with van der Waals surface area (Å²) in [4.78, 5) is 26.4. The van der Waals surface area contributed by atoms with Crippen molar-refractivity contribution in [2.24, 2.45) is 5.92 Å². The van der Waals surface area contributed by atoms with Crippen LogP contribution in [0.15, 0.2) is 34.9 Å². The summed E-state index contributed by atoms with van der Waals surface area (Å²) in [7, 11) is 0. The summed E-state index contributed by atoms with van der Waals surface area (Å²) in [6.07, 6.45) is 3.42. The molecule has 1 saturated heterocycles. The molecule has 0 atom stereocenters. The maximum atomic E-state index is 13.8. The fourth-order valence-electron chi connectivity index (χ4n) is 3.22. The van der Waals surface area contributed by atoms with E-state index in [0.29, 0.717) is 32.0 Å². The molecule has 1 saturated carbocycles. The molecule has 2 heterocycles. The van der Waals surface area contributed by atoms with E-state index in [1.54, 1.807) is 23.1 Å². The van der Waals surface area contributed by atoms with Crippen molar-refractivity contribution in [1.82, 2.24) is 15.4 Å². The Labute approximate surface area is 150 Å². The fourth-order valence-corrected chi connectivity index (χ4v) is 3.22. The first-order chi connectivity index (χ1) is 12.6. The summed E-state index contributed by atoms with van der Waals surface area (Å²) in [5.41, 5.74) is 0.429. The van der Waals surface area contributed by atoms with Gasteiger partial charge in [-0.1, -0.05) is 17.3 Å². The Morgan fingerprint density at radius 3 is 2.58 bits per heavy atom. The third kappa shape index (κ3) is 3.47. The van der Waals surface area contributed by atoms with Gasteiger partial charge in [0.15, 0.2) is 11.5 Å². The molecular formula is C19H20FN3O3. The molecule has 1 aliphatic heterocycles. The number of halogens is 1. The number of aromatic nitrogens is 1. The lowest BCUT2D eigenvalue weighted by Crippen LogP contribution is -2.43. The van der Waals surface area contributed by atoms with Gasteiger partial charge in [0.25, 0.3) is 5.91 Å². The lowest BCUT2D eigenvalue weighted by molar-refractivity contribution is -0.126. The Balaban J connectivity index is 1.38. The molecule has 2 amide bonds. The van der Waals surface area contributed by atoms with Crippen LogP contribution in [-0.2, 0) is 4.79 Å². The topological polar surface area (TPSA) is 75.4 Å². The van der Waals surface area contributed by atoms with Gasteiger partial charge in [-0.2, -0.15) is 0 Å². The first-order valence-electron chi connectivity index (χ1n) is 8.93. The number of carbonyl (C=O) groups excluding carboxylic acids is 2. The molecule has 1 aliphatic carbocycles. The average Bonchev–Trinajstić information content (AvgIpc) is 3.34. The normalized spacial score (nSPS) is 18.0. The largest absolute Gasteiger partial charge is 0.355 e. The molecule has 0 bridgehead atoms. The monoisotopic (exact) mass is 357 g/mol. The van der Waals surface area contributed by atoms with E-state index >= 15 is 0 Å². The van der Waals surface area contributed by atoms with Crippen LogP contribution in [0.3, 0.4) is 0 Å². The Morgan fingerprint density at radius 1 is 1.15 bits per heavy atom. The van der Waals surface area contributed by atoms with Gasteiger partial charge in [0, 0.05) is 31.1 Å². The predicted molar refractivity (Wildman–Crippen MR) is 91.7 cm³/mol. The first-order valence-corrected chi connectivity index (χ1v) is 8.93. The van der Waals surface area contributed by atoms with E-state index in [9.17, 15) is 14.0 Å². The molecule has 2 fully saturated rings. The van der Waals surface area contributed by atoms with E-state index < -0.39 is 5.82 Å². The van der Waals surface area contributed by atoms with Crippen LogP contribution in [0.1, 0.15) is 36.2 Å². The zero-order valence-corrected chi connectivity index (χ0v) is 14.3. The molecular weight excluding hydrogens is 337 g/mol. The van der Waals surface area contributed by atoms with Crippen molar-refractivity contribution in [2.45, 2.75) is 31.7 Å². The quantitative estimate of drug-likeness (QED) is 0.913. The van der Waals surface area contributed by atoms with Crippen LogP contribution < -0.4 is 5.32 Å². The average molecular weight is 357 g/mol. The highest BCUT2D eigenvalue weighted by Crippen LogP contribution is 2.26. The molecule has 1 N–H and O–H groups in total. The maximum Gasteiger partial charge on any atom is 0.276 e. The SMILES string of the molecule is O=C(NC1CC1)C1CCN(C(=O)c2cc(-c3ccccc3F)on2)CC1. The van der Waals surface area contributed by atoms with Crippen LogP contribution in [0.2, 0.25) is 0 Å². The van der Waals surface area contributed by atoms with Crippen molar-refractivity contribution < 1.29 is 18.5 Å². The number of amides is 2. The molecule has 4 rings (SSSR count). The van der Waals surface area contributed by atoms with Crippen LogP contribution in [-0.4, -0.2) is 41.0 Å². The summed E-state index contributed by atoms with van der Waals surface area (Å²) in [5, 5.41) is 6.82. The van der Waals surface area contributed by atoms with Gasteiger partial charge in [0.2, 0.25) is 5.91 Å². The van der Waals surface area contributed by atoms with E-state index in [4.69, 9.17) is 4.52 Å². The minimum Gasteiger partial charge on any atom is -0.355 e. The number of carbonyl (C=O) groups is 2. The second-order valence-corrected chi connectivity index (χ2v) is 6.91.